The number of fused-ring (bicyclic) bond motifs is 5. The van der Waals surface area contributed by atoms with Crippen molar-refractivity contribution in [2.75, 3.05) is 64.7 Å². The molecule has 12 atom stereocenters. The molecule has 89 heavy (non-hydrogen) atoms. The van der Waals surface area contributed by atoms with E-state index in [-0.39, 0.29) is 81.9 Å². The van der Waals surface area contributed by atoms with Crippen LogP contribution in [0.4, 0.5) is 4.79 Å². The fourth-order valence-electron chi connectivity index (χ4n) is 14.3. The third-order valence-electron chi connectivity index (χ3n) is 19.2. The lowest BCUT2D eigenvalue weighted by atomic mass is 9.47. The van der Waals surface area contributed by atoms with Crippen LogP contribution in [0.3, 0.4) is 0 Å². The van der Waals surface area contributed by atoms with Gasteiger partial charge in [-0.3, -0.25) is 24.0 Å². The summed E-state index contributed by atoms with van der Waals surface area (Å²) < 4.78 is 22.4. The largest absolute Gasteiger partial charge is 0.508 e. The molecule has 0 saturated heterocycles. The number of aromatic hydroxyl groups is 1. The average molecular weight is 1260 g/mol. The van der Waals surface area contributed by atoms with Crippen molar-refractivity contribution < 1.29 is 67.5 Å². The van der Waals surface area contributed by atoms with Crippen LogP contribution in [0.15, 0.2) is 66.2 Å². The second-order valence-corrected chi connectivity index (χ2v) is 26.9. The molecule has 494 valence electrons. The minimum absolute atomic E-state index is 0.0161. The van der Waals surface area contributed by atoms with Crippen LogP contribution in [0.2, 0.25) is 0 Å². The van der Waals surface area contributed by atoms with E-state index in [4.69, 9.17) is 24.7 Å². The third-order valence-corrected chi connectivity index (χ3v) is 19.8. The fourth-order valence-corrected chi connectivity index (χ4v) is 14.7. The van der Waals surface area contributed by atoms with Crippen molar-refractivity contribution in [3.05, 3.63) is 77.4 Å². The maximum Gasteiger partial charge on any atom is 0.407 e. The molecule has 21 nitrogen and oxygen atoms in total. The molecule has 4 aliphatic rings. The molecule has 0 aromatic heterocycles. The first kappa shape index (κ1) is 71.8. The summed E-state index contributed by atoms with van der Waals surface area (Å²) in [6.07, 6.45) is 17.0. The van der Waals surface area contributed by atoms with E-state index in [2.05, 4.69) is 72.6 Å². The highest BCUT2D eigenvalue weighted by Crippen LogP contribution is 2.67. The van der Waals surface area contributed by atoms with Gasteiger partial charge < -0.3 is 66.8 Å². The average Bonchev–Trinajstić information content (AvgIpc) is 1.71. The lowest BCUT2D eigenvalue weighted by Crippen LogP contribution is -2.57. The highest BCUT2D eigenvalue weighted by molar-refractivity contribution is 7.98. The van der Waals surface area contributed by atoms with Crippen molar-refractivity contribution in [3.63, 3.8) is 0 Å². The van der Waals surface area contributed by atoms with Crippen molar-refractivity contribution in [2.24, 2.45) is 52.1 Å². The van der Waals surface area contributed by atoms with E-state index in [9.17, 15) is 48.6 Å². The summed E-state index contributed by atoms with van der Waals surface area (Å²) in [5.74, 6) is 0.0212. The Hall–Kier alpha value is -6.23. The Balaban J connectivity index is 0.815. The highest BCUT2D eigenvalue weighted by atomic mass is 32.2. The van der Waals surface area contributed by atoms with Crippen LogP contribution in [0, 0.1) is 46.3 Å². The SMILES string of the molecule is CSCC[C@H](NC(=O)[C@H](Cc1ccccc1)NC(=O)CNC(=O)CNC(=O)[C@@H](N)Cc1ccc(O)cc1)C(=O)N[C@@H](CCCCNC(=O)OCCCOCCOCC(=O)OC1CCC2(C)C(=CCC3C2CCC2(C)C(C(C)CCC(C)C)CCC32)C1)C(=O)O. The number of amides is 6. The molecular formula is C67H101N7O14S. The number of nitrogens with one attached hydrogen (secondary N) is 6. The molecule has 0 bridgehead atoms. The zero-order chi connectivity index (χ0) is 64.5. The minimum atomic E-state index is -1.31. The first-order chi connectivity index (χ1) is 42.6. The predicted octanol–water partition coefficient (Wildman–Crippen LogP) is 6.91. The number of phenols is 1. The molecule has 6 rings (SSSR count). The lowest BCUT2D eigenvalue weighted by molar-refractivity contribution is -0.157. The van der Waals surface area contributed by atoms with E-state index >= 15 is 0 Å². The van der Waals surface area contributed by atoms with Crippen molar-refractivity contribution in [1.82, 2.24) is 31.9 Å². The van der Waals surface area contributed by atoms with Gasteiger partial charge in [0.05, 0.1) is 39.0 Å². The van der Waals surface area contributed by atoms with E-state index < -0.39 is 78.9 Å². The van der Waals surface area contributed by atoms with Crippen molar-refractivity contribution in [1.29, 1.82) is 0 Å². The molecule has 10 N–H and O–H groups in total. The van der Waals surface area contributed by atoms with Gasteiger partial charge in [-0.15, -0.1) is 0 Å². The standard InChI is InChI=1S/C67H101N7O14S/c1-43(2)16-17-44(3)51-24-25-52-50-23-20-47-39-49(26-29-66(47,4)53(50)27-30-67(51,52)5)88-60(78)42-86-35-34-85-32-12-33-87-65(84)69-31-11-10-15-56(64(82)83)74-62(80)55(28-36-89-6)73-63(81)57(38-45-13-8-7-9-14-45)72-59(77)41-70-58(76)40-71-61(79)54(68)37-46-18-21-48(75)22-19-46/h7-9,13-14,18-22,43-44,49-57,75H,10-12,15-17,23-42,68H2,1-6H3,(H,69,84)(H,70,76)(H,71,79)(H,72,77)(H,73,81)(H,74,80)(H,82,83)/t44?,49?,50?,51?,52?,53?,54-,55-,56-,57-,66?,67?/m0/s1. The van der Waals surface area contributed by atoms with E-state index in [1.165, 1.54) is 68.0 Å². The Morgan fingerprint density at radius 2 is 1.39 bits per heavy atom. The minimum Gasteiger partial charge on any atom is -0.508 e. The van der Waals surface area contributed by atoms with E-state index in [0.717, 1.165) is 55.3 Å². The Morgan fingerprint density at radius 3 is 2.12 bits per heavy atom. The lowest BCUT2D eigenvalue weighted by Gasteiger charge is -2.58. The predicted molar refractivity (Wildman–Crippen MR) is 340 cm³/mol. The molecule has 3 fully saturated rings. The van der Waals surface area contributed by atoms with Crippen molar-refractivity contribution >= 4 is 59.3 Å². The van der Waals surface area contributed by atoms with Gasteiger partial charge in [-0.05, 0) is 159 Å². The quantitative estimate of drug-likeness (QED) is 0.0188. The number of nitrogens with two attached hydrogens (primary N) is 1. The van der Waals surface area contributed by atoms with Crippen molar-refractivity contribution in [3.8, 4) is 5.75 Å². The number of allylic oxidation sites excluding steroid dienone is 1. The second kappa shape index (κ2) is 36.0. The third kappa shape index (κ3) is 22.3. The number of hydrogen-bond donors (Lipinski definition) is 9. The van der Waals surface area contributed by atoms with Gasteiger partial charge in [0, 0.05) is 32.4 Å². The molecule has 3 saturated carbocycles. The van der Waals surface area contributed by atoms with Gasteiger partial charge in [0.25, 0.3) is 0 Å². The van der Waals surface area contributed by atoms with Gasteiger partial charge >= 0.3 is 18.0 Å². The van der Waals surface area contributed by atoms with Gasteiger partial charge in [-0.25, -0.2) is 14.4 Å². The number of carbonyl (C=O) groups is 8. The van der Waals surface area contributed by atoms with E-state index in [0.29, 0.717) is 54.1 Å². The molecule has 0 radical (unpaired) electrons. The van der Waals surface area contributed by atoms with Gasteiger partial charge in [0.15, 0.2) is 0 Å². The van der Waals surface area contributed by atoms with Crippen LogP contribution in [-0.2, 0) is 65.4 Å². The summed E-state index contributed by atoms with van der Waals surface area (Å²) in [7, 11) is 0. The number of unbranched alkanes of at least 4 members (excludes halogenated alkanes) is 1. The maximum atomic E-state index is 13.9. The molecule has 8 unspecified atom stereocenters. The number of rotatable bonds is 37. The van der Waals surface area contributed by atoms with E-state index in [1.54, 1.807) is 42.5 Å². The van der Waals surface area contributed by atoms with Crippen LogP contribution in [-0.4, -0.2) is 153 Å². The number of carbonyl (C=O) groups excluding carboxylic acids is 7. The van der Waals surface area contributed by atoms with Crippen molar-refractivity contribution in [2.45, 2.75) is 174 Å². The molecule has 22 heteroatoms. The van der Waals surface area contributed by atoms with Gasteiger partial charge in [-0.2, -0.15) is 11.8 Å². The summed E-state index contributed by atoms with van der Waals surface area (Å²) in [5, 5.41) is 34.8. The fraction of sp³-hybridized carbons (Fsp3) is 0.672. The molecule has 2 aromatic rings. The Bertz CT molecular complexity index is 2670. The highest BCUT2D eigenvalue weighted by Gasteiger charge is 2.59. The summed E-state index contributed by atoms with van der Waals surface area (Å²) in [5.41, 5.74) is 9.49. The number of aliphatic carboxylic acids is 1. The number of alkyl carbamates (subject to hydrolysis) is 1. The molecule has 2 aromatic carbocycles. The zero-order valence-electron chi connectivity index (χ0n) is 53.3. The Kier molecular flexibility index (Phi) is 29.0. The number of phenolic OH excluding ortho intramolecular Hbond substituents is 1. The summed E-state index contributed by atoms with van der Waals surface area (Å²) in [4.78, 5) is 103. The van der Waals surface area contributed by atoms with Gasteiger partial charge in [-0.1, -0.05) is 102 Å². The van der Waals surface area contributed by atoms with Crippen LogP contribution in [0.5, 0.6) is 5.75 Å². The van der Waals surface area contributed by atoms with Crippen LogP contribution in [0.25, 0.3) is 0 Å². The maximum absolute atomic E-state index is 13.9. The normalized spacial score (nSPS) is 23.5. The smallest absolute Gasteiger partial charge is 0.407 e. The number of esters is 1. The molecule has 0 spiro atoms. The van der Waals surface area contributed by atoms with Crippen LogP contribution >= 0.6 is 11.8 Å². The first-order valence-corrected chi connectivity index (χ1v) is 33.7. The summed E-state index contributed by atoms with van der Waals surface area (Å²) in [6, 6.07) is 10.3. The molecule has 0 heterocycles. The topological polar surface area (TPSA) is 312 Å². The van der Waals surface area contributed by atoms with Crippen LogP contribution < -0.4 is 37.6 Å². The van der Waals surface area contributed by atoms with Gasteiger partial charge in [0.2, 0.25) is 29.5 Å². The Morgan fingerprint density at radius 1 is 0.685 bits per heavy atom. The number of carboxylic acids is 1. The van der Waals surface area contributed by atoms with Gasteiger partial charge in [0.1, 0.15) is 36.6 Å². The molecule has 6 amide bonds. The first-order valence-electron chi connectivity index (χ1n) is 32.3. The summed E-state index contributed by atoms with van der Waals surface area (Å²) in [6.45, 7) is 12.2. The van der Waals surface area contributed by atoms with E-state index in [1.807, 2.05) is 6.26 Å². The molecule has 0 aliphatic heterocycles. The number of thioether (sulfide) groups is 1. The second-order valence-electron chi connectivity index (χ2n) is 25.9. The monoisotopic (exact) mass is 1260 g/mol. The molecule has 4 aliphatic carbocycles. The zero-order valence-corrected chi connectivity index (χ0v) is 54.1. The Labute approximate surface area is 530 Å². The van der Waals surface area contributed by atoms with Crippen LogP contribution in [0.1, 0.15) is 142 Å². The number of benzene rings is 2. The molecular weight excluding hydrogens is 1160 g/mol. The number of carboxylic acid groups (broad SMARTS) is 1. The summed E-state index contributed by atoms with van der Waals surface area (Å²) >= 11 is 1.41. The number of hydrogen-bond acceptors (Lipinski definition) is 15. The number of ether oxygens (including phenoxy) is 4.